The SMILES string of the molecule is CC1CCC(C(O)CC(CCC(=O)C(C)O)C(C)C)CC1. The maximum absolute atomic E-state index is 11.6. The predicted octanol–water partition coefficient (Wildman–Crippen LogP) is 3.57. The largest absolute Gasteiger partial charge is 0.393 e. The molecule has 1 aliphatic carbocycles. The number of rotatable bonds is 8. The first-order valence-electron chi connectivity index (χ1n) is 8.70. The summed E-state index contributed by atoms with van der Waals surface area (Å²) < 4.78 is 0. The van der Waals surface area contributed by atoms with Crippen LogP contribution in [0.5, 0.6) is 0 Å². The number of hydrogen-bond donors (Lipinski definition) is 2. The lowest BCUT2D eigenvalue weighted by molar-refractivity contribution is -0.126. The molecule has 1 saturated carbocycles. The molecule has 3 heteroatoms. The summed E-state index contributed by atoms with van der Waals surface area (Å²) in [4.78, 5) is 11.6. The van der Waals surface area contributed by atoms with Crippen molar-refractivity contribution < 1.29 is 15.0 Å². The fourth-order valence-corrected chi connectivity index (χ4v) is 3.43. The first kappa shape index (κ1) is 18.6. The molecule has 3 nitrogen and oxygen atoms in total. The van der Waals surface area contributed by atoms with Crippen molar-refractivity contribution >= 4 is 5.78 Å². The van der Waals surface area contributed by atoms with Crippen molar-refractivity contribution in [3.05, 3.63) is 0 Å². The Bertz CT molecular complexity index is 304. The van der Waals surface area contributed by atoms with E-state index in [-0.39, 0.29) is 11.9 Å². The zero-order valence-electron chi connectivity index (χ0n) is 14.2. The van der Waals surface area contributed by atoms with Crippen LogP contribution in [0.2, 0.25) is 0 Å². The third-order valence-corrected chi connectivity index (χ3v) is 5.32. The fraction of sp³-hybridized carbons (Fsp3) is 0.944. The third kappa shape index (κ3) is 6.48. The summed E-state index contributed by atoms with van der Waals surface area (Å²) in [6, 6.07) is 0. The van der Waals surface area contributed by atoms with Crippen molar-refractivity contribution in [1.29, 1.82) is 0 Å². The van der Waals surface area contributed by atoms with Gasteiger partial charge < -0.3 is 10.2 Å². The van der Waals surface area contributed by atoms with Gasteiger partial charge in [-0.2, -0.15) is 0 Å². The molecule has 0 bridgehead atoms. The van der Waals surface area contributed by atoms with Crippen LogP contribution in [0.15, 0.2) is 0 Å². The average Bonchev–Trinajstić information content (AvgIpc) is 2.42. The van der Waals surface area contributed by atoms with Crippen molar-refractivity contribution in [1.82, 2.24) is 0 Å². The highest BCUT2D eigenvalue weighted by molar-refractivity contribution is 5.82. The molecule has 1 aliphatic rings. The van der Waals surface area contributed by atoms with E-state index in [4.69, 9.17) is 0 Å². The molecule has 0 heterocycles. The van der Waals surface area contributed by atoms with Crippen LogP contribution in [-0.2, 0) is 4.79 Å². The van der Waals surface area contributed by atoms with Gasteiger partial charge in [-0.15, -0.1) is 0 Å². The van der Waals surface area contributed by atoms with E-state index in [0.29, 0.717) is 24.2 Å². The number of aliphatic hydroxyl groups is 2. The summed E-state index contributed by atoms with van der Waals surface area (Å²) in [5.41, 5.74) is 0. The summed E-state index contributed by atoms with van der Waals surface area (Å²) in [7, 11) is 0. The second kappa shape index (κ2) is 8.89. The molecule has 0 aromatic carbocycles. The molecule has 1 fully saturated rings. The summed E-state index contributed by atoms with van der Waals surface area (Å²) in [6.45, 7) is 8.15. The lowest BCUT2D eigenvalue weighted by Gasteiger charge is -2.32. The number of carbonyl (C=O) groups is 1. The van der Waals surface area contributed by atoms with Crippen molar-refractivity contribution in [2.75, 3.05) is 0 Å². The molecule has 0 spiro atoms. The Hall–Kier alpha value is -0.410. The Morgan fingerprint density at radius 3 is 2.14 bits per heavy atom. The van der Waals surface area contributed by atoms with Gasteiger partial charge in [0.1, 0.15) is 6.10 Å². The number of ketones is 1. The molecule has 0 aliphatic heterocycles. The monoisotopic (exact) mass is 298 g/mol. The van der Waals surface area contributed by atoms with Gasteiger partial charge in [0.25, 0.3) is 0 Å². The zero-order valence-corrected chi connectivity index (χ0v) is 14.2. The van der Waals surface area contributed by atoms with Gasteiger partial charge in [-0.3, -0.25) is 4.79 Å². The molecule has 21 heavy (non-hydrogen) atoms. The number of aliphatic hydroxyl groups excluding tert-OH is 2. The molecule has 0 amide bonds. The Labute approximate surface area is 130 Å². The molecule has 0 radical (unpaired) electrons. The predicted molar refractivity (Wildman–Crippen MR) is 86.0 cm³/mol. The van der Waals surface area contributed by atoms with Crippen LogP contribution in [0.1, 0.15) is 72.6 Å². The van der Waals surface area contributed by atoms with E-state index in [2.05, 4.69) is 20.8 Å². The fourth-order valence-electron chi connectivity index (χ4n) is 3.43. The number of hydrogen-bond acceptors (Lipinski definition) is 3. The van der Waals surface area contributed by atoms with Crippen LogP contribution < -0.4 is 0 Å². The van der Waals surface area contributed by atoms with Gasteiger partial charge in [0.15, 0.2) is 5.78 Å². The van der Waals surface area contributed by atoms with E-state index in [9.17, 15) is 15.0 Å². The normalized spacial score (nSPS) is 27.4. The maximum atomic E-state index is 11.6. The molecule has 0 aromatic heterocycles. The third-order valence-electron chi connectivity index (χ3n) is 5.32. The topological polar surface area (TPSA) is 57.5 Å². The molecule has 124 valence electrons. The van der Waals surface area contributed by atoms with Crippen LogP contribution >= 0.6 is 0 Å². The minimum absolute atomic E-state index is 0.0818. The highest BCUT2D eigenvalue weighted by Crippen LogP contribution is 2.34. The Kier molecular flexibility index (Phi) is 7.89. The van der Waals surface area contributed by atoms with E-state index in [1.54, 1.807) is 0 Å². The molecule has 0 saturated heterocycles. The summed E-state index contributed by atoms with van der Waals surface area (Å²) in [5, 5.41) is 19.8. The van der Waals surface area contributed by atoms with E-state index >= 15 is 0 Å². The zero-order chi connectivity index (χ0) is 16.0. The van der Waals surface area contributed by atoms with Crippen LogP contribution in [0.3, 0.4) is 0 Å². The van der Waals surface area contributed by atoms with Gasteiger partial charge in [0, 0.05) is 6.42 Å². The molecule has 3 unspecified atom stereocenters. The van der Waals surface area contributed by atoms with Gasteiger partial charge >= 0.3 is 0 Å². The van der Waals surface area contributed by atoms with Crippen LogP contribution in [-0.4, -0.2) is 28.2 Å². The smallest absolute Gasteiger partial charge is 0.160 e. The van der Waals surface area contributed by atoms with Gasteiger partial charge in [-0.1, -0.05) is 33.6 Å². The summed E-state index contributed by atoms with van der Waals surface area (Å²) in [5.74, 6) is 1.99. The van der Waals surface area contributed by atoms with Crippen molar-refractivity contribution in [3.63, 3.8) is 0 Å². The van der Waals surface area contributed by atoms with Crippen molar-refractivity contribution in [2.24, 2.45) is 23.7 Å². The molecular weight excluding hydrogens is 264 g/mol. The summed E-state index contributed by atoms with van der Waals surface area (Å²) in [6.07, 6.45) is 5.65. The minimum atomic E-state index is -0.859. The van der Waals surface area contributed by atoms with Crippen molar-refractivity contribution in [3.8, 4) is 0 Å². The second-order valence-electron chi connectivity index (χ2n) is 7.51. The average molecular weight is 298 g/mol. The molecule has 0 aromatic rings. The Morgan fingerprint density at radius 1 is 1.10 bits per heavy atom. The number of carbonyl (C=O) groups excluding carboxylic acids is 1. The van der Waals surface area contributed by atoms with E-state index < -0.39 is 6.10 Å². The molecule has 3 atom stereocenters. The molecule has 2 N–H and O–H groups in total. The molecular formula is C18H34O3. The van der Waals surface area contributed by atoms with Crippen LogP contribution in [0.4, 0.5) is 0 Å². The lowest BCUT2D eigenvalue weighted by atomic mass is 9.76. The first-order valence-corrected chi connectivity index (χ1v) is 8.70. The highest BCUT2D eigenvalue weighted by atomic mass is 16.3. The lowest BCUT2D eigenvalue weighted by Crippen LogP contribution is -2.29. The highest BCUT2D eigenvalue weighted by Gasteiger charge is 2.28. The van der Waals surface area contributed by atoms with Gasteiger partial charge in [0.05, 0.1) is 6.10 Å². The van der Waals surface area contributed by atoms with Crippen molar-refractivity contribution in [2.45, 2.75) is 84.8 Å². The standard InChI is InChI=1S/C18H34O3/c1-12(2)16(9-10-17(20)14(4)19)11-18(21)15-7-5-13(3)6-8-15/h12-16,18-19,21H,5-11H2,1-4H3. The van der Waals surface area contributed by atoms with Crippen LogP contribution in [0, 0.1) is 23.7 Å². The van der Waals surface area contributed by atoms with Gasteiger partial charge in [-0.05, 0) is 56.3 Å². The summed E-state index contributed by atoms with van der Waals surface area (Å²) >= 11 is 0. The van der Waals surface area contributed by atoms with Gasteiger partial charge in [-0.25, -0.2) is 0 Å². The Balaban J connectivity index is 2.44. The molecule has 1 rings (SSSR count). The quantitative estimate of drug-likeness (QED) is 0.720. The minimum Gasteiger partial charge on any atom is -0.393 e. The maximum Gasteiger partial charge on any atom is 0.160 e. The number of Topliss-reactive ketones (excluding diaryl/α,β-unsaturated/α-hetero) is 1. The second-order valence-corrected chi connectivity index (χ2v) is 7.51. The van der Waals surface area contributed by atoms with Gasteiger partial charge in [0.2, 0.25) is 0 Å². The first-order chi connectivity index (χ1) is 9.81. The Morgan fingerprint density at radius 2 is 1.67 bits per heavy atom. The van der Waals surface area contributed by atoms with Crippen LogP contribution in [0.25, 0.3) is 0 Å². The van der Waals surface area contributed by atoms with E-state index in [1.165, 1.54) is 19.8 Å². The van der Waals surface area contributed by atoms with E-state index in [1.807, 2.05) is 0 Å². The van der Waals surface area contributed by atoms with E-state index in [0.717, 1.165) is 31.6 Å².